The highest BCUT2D eigenvalue weighted by Crippen LogP contribution is 2.16. The molecule has 1 unspecified atom stereocenters. The van der Waals surface area contributed by atoms with E-state index in [4.69, 9.17) is 10.8 Å². The minimum Gasteiger partial charge on any atom is -0.477 e. The lowest BCUT2D eigenvalue weighted by Gasteiger charge is -2.11. The second-order valence-corrected chi connectivity index (χ2v) is 3.77. The summed E-state index contributed by atoms with van der Waals surface area (Å²) in [5.74, 6) is -1.75. The lowest BCUT2D eigenvalue weighted by atomic mass is 10.3. The molecule has 0 saturated carbocycles. The Bertz CT molecular complexity index is 494. The molecule has 0 fully saturated rings. The number of amides is 3. The van der Waals surface area contributed by atoms with E-state index in [1.54, 1.807) is 6.92 Å². The summed E-state index contributed by atoms with van der Waals surface area (Å²) in [4.78, 5) is 35.7. The van der Waals surface area contributed by atoms with Crippen molar-refractivity contribution < 1.29 is 19.5 Å². The highest BCUT2D eigenvalue weighted by molar-refractivity contribution is 6.02. The Kier molecular flexibility index (Phi) is 3.93. The summed E-state index contributed by atoms with van der Waals surface area (Å²) in [5, 5.41) is 13.5. The van der Waals surface area contributed by atoms with Gasteiger partial charge >= 0.3 is 12.0 Å². The maximum atomic E-state index is 11.6. The topological polar surface area (TPSA) is 137 Å². The molecule has 0 saturated heterocycles. The first-order chi connectivity index (χ1) is 8.31. The molecule has 3 amide bonds. The average Bonchev–Trinajstić information content (AvgIpc) is 2.58. The molecular formula is C10H14N4O4. The fourth-order valence-corrected chi connectivity index (χ4v) is 1.38. The monoisotopic (exact) mass is 254 g/mol. The number of urea groups is 1. The lowest BCUT2D eigenvalue weighted by molar-refractivity contribution is -0.117. The Morgan fingerprint density at radius 2 is 2.06 bits per heavy atom. The maximum Gasteiger partial charge on any atom is 0.354 e. The second kappa shape index (κ2) is 5.21. The quantitative estimate of drug-likeness (QED) is 0.517. The zero-order valence-electron chi connectivity index (χ0n) is 9.90. The van der Waals surface area contributed by atoms with Gasteiger partial charge in [0.2, 0.25) is 5.91 Å². The van der Waals surface area contributed by atoms with Crippen LogP contribution >= 0.6 is 0 Å². The van der Waals surface area contributed by atoms with Gasteiger partial charge in [-0.25, -0.2) is 9.59 Å². The van der Waals surface area contributed by atoms with Crippen LogP contribution in [0, 0.1) is 6.92 Å². The van der Waals surface area contributed by atoms with Gasteiger partial charge in [0.1, 0.15) is 11.7 Å². The molecule has 0 aliphatic heterocycles. The Morgan fingerprint density at radius 3 is 2.56 bits per heavy atom. The first-order valence-corrected chi connectivity index (χ1v) is 5.11. The summed E-state index contributed by atoms with van der Waals surface area (Å²) < 4.78 is 0. The number of carbonyl (C=O) groups is 3. The molecule has 0 spiro atoms. The van der Waals surface area contributed by atoms with Gasteiger partial charge in [0.15, 0.2) is 0 Å². The number of rotatable bonds is 4. The molecule has 8 nitrogen and oxygen atoms in total. The Balaban J connectivity index is 2.81. The highest BCUT2D eigenvalue weighted by Gasteiger charge is 2.19. The highest BCUT2D eigenvalue weighted by atomic mass is 16.4. The number of aromatic carboxylic acids is 1. The predicted molar refractivity (Wildman–Crippen MR) is 63.3 cm³/mol. The van der Waals surface area contributed by atoms with Crippen LogP contribution in [0.3, 0.4) is 0 Å². The molecule has 0 aliphatic carbocycles. The number of aromatic nitrogens is 1. The summed E-state index contributed by atoms with van der Waals surface area (Å²) in [6.07, 6.45) is 0. The zero-order valence-corrected chi connectivity index (χ0v) is 9.90. The zero-order chi connectivity index (χ0) is 13.9. The van der Waals surface area contributed by atoms with Crippen molar-refractivity contribution in [3.8, 4) is 0 Å². The van der Waals surface area contributed by atoms with Gasteiger partial charge < -0.3 is 26.5 Å². The standard InChI is InChI=1S/C10H14N4O4/c1-4-3-6(7(12-4)9(16)17)14-8(15)5(2)13-10(11)18/h3,5,12H,1-2H3,(H,14,15)(H,16,17)(H3,11,13,18). The van der Waals surface area contributed by atoms with Gasteiger partial charge in [-0.3, -0.25) is 4.79 Å². The fraction of sp³-hybridized carbons (Fsp3) is 0.300. The van der Waals surface area contributed by atoms with Crippen LogP contribution in [0.5, 0.6) is 0 Å². The number of anilines is 1. The van der Waals surface area contributed by atoms with Gasteiger partial charge in [0, 0.05) is 5.69 Å². The van der Waals surface area contributed by atoms with Crippen molar-refractivity contribution in [2.24, 2.45) is 5.73 Å². The van der Waals surface area contributed by atoms with Crippen LogP contribution in [0.15, 0.2) is 6.07 Å². The van der Waals surface area contributed by atoms with Crippen molar-refractivity contribution in [2.75, 3.05) is 5.32 Å². The second-order valence-electron chi connectivity index (χ2n) is 3.77. The van der Waals surface area contributed by atoms with Crippen LogP contribution in [0.1, 0.15) is 23.1 Å². The minimum absolute atomic E-state index is 0.118. The summed E-state index contributed by atoms with van der Waals surface area (Å²) >= 11 is 0. The van der Waals surface area contributed by atoms with Crippen LogP contribution in [0.4, 0.5) is 10.5 Å². The van der Waals surface area contributed by atoms with Gasteiger partial charge in [0.25, 0.3) is 0 Å². The predicted octanol–water partition coefficient (Wildman–Crippen LogP) is 0.0166. The maximum absolute atomic E-state index is 11.6. The van der Waals surface area contributed by atoms with Gasteiger partial charge in [-0.2, -0.15) is 0 Å². The smallest absolute Gasteiger partial charge is 0.354 e. The molecule has 1 atom stereocenters. The third kappa shape index (κ3) is 3.24. The number of aromatic amines is 1. The molecule has 1 aromatic heterocycles. The number of hydrogen-bond donors (Lipinski definition) is 5. The molecule has 8 heteroatoms. The SMILES string of the molecule is Cc1cc(NC(=O)C(C)NC(N)=O)c(C(=O)O)[nH]1. The van der Waals surface area contributed by atoms with Crippen LogP contribution in [0.25, 0.3) is 0 Å². The number of aryl methyl sites for hydroxylation is 1. The van der Waals surface area contributed by atoms with Crippen molar-refractivity contribution in [1.29, 1.82) is 0 Å². The third-order valence-electron chi connectivity index (χ3n) is 2.18. The van der Waals surface area contributed by atoms with E-state index >= 15 is 0 Å². The third-order valence-corrected chi connectivity index (χ3v) is 2.18. The van der Waals surface area contributed by atoms with E-state index in [2.05, 4.69) is 15.6 Å². The van der Waals surface area contributed by atoms with Gasteiger partial charge in [0.05, 0.1) is 5.69 Å². The van der Waals surface area contributed by atoms with Gasteiger partial charge in [-0.1, -0.05) is 0 Å². The van der Waals surface area contributed by atoms with E-state index < -0.39 is 23.9 Å². The minimum atomic E-state index is -1.19. The largest absolute Gasteiger partial charge is 0.477 e. The first kappa shape index (κ1) is 13.6. The van der Waals surface area contributed by atoms with Crippen molar-refractivity contribution >= 4 is 23.6 Å². The fourth-order valence-electron chi connectivity index (χ4n) is 1.38. The Hall–Kier alpha value is -2.51. The summed E-state index contributed by atoms with van der Waals surface area (Å²) in [6.45, 7) is 3.09. The molecule has 0 bridgehead atoms. The van der Waals surface area contributed by atoms with E-state index in [9.17, 15) is 14.4 Å². The van der Waals surface area contributed by atoms with Gasteiger partial charge in [-0.05, 0) is 19.9 Å². The van der Waals surface area contributed by atoms with Gasteiger partial charge in [-0.15, -0.1) is 0 Å². The lowest BCUT2D eigenvalue weighted by Crippen LogP contribution is -2.44. The van der Waals surface area contributed by atoms with Crippen molar-refractivity contribution in [1.82, 2.24) is 10.3 Å². The molecule has 1 heterocycles. The van der Waals surface area contributed by atoms with Crippen molar-refractivity contribution in [2.45, 2.75) is 19.9 Å². The van der Waals surface area contributed by atoms with E-state index in [1.807, 2.05) is 0 Å². The molecular weight excluding hydrogens is 240 g/mol. The van der Waals surface area contributed by atoms with Crippen molar-refractivity contribution in [3.63, 3.8) is 0 Å². The molecule has 1 rings (SSSR count). The molecule has 1 aromatic rings. The van der Waals surface area contributed by atoms with Crippen LogP contribution in [-0.4, -0.2) is 34.0 Å². The Morgan fingerprint density at radius 1 is 1.44 bits per heavy atom. The van der Waals surface area contributed by atoms with E-state index in [1.165, 1.54) is 13.0 Å². The molecule has 98 valence electrons. The number of carboxylic acids is 1. The number of nitrogens with one attached hydrogen (secondary N) is 3. The number of carboxylic acid groups (broad SMARTS) is 1. The molecule has 0 aromatic carbocycles. The number of nitrogens with two attached hydrogens (primary N) is 1. The van der Waals surface area contributed by atoms with E-state index in [-0.39, 0.29) is 11.4 Å². The summed E-state index contributed by atoms with van der Waals surface area (Å²) in [6, 6.07) is -0.209. The van der Waals surface area contributed by atoms with E-state index in [0.717, 1.165) is 0 Å². The van der Waals surface area contributed by atoms with Crippen LogP contribution in [0.2, 0.25) is 0 Å². The van der Waals surface area contributed by atoms with Crippen molar-refractivity contribution in [3.05, 3.63) is 17.5 Å². The summed E-state index contributed by atoms with van der Waals surface area (Å²) in [7, 11) is 0. The van der Waals surface area contributed by atoms with E-state index in [0.29, 0.717) is 5.69 Å². The molecule has 6 N–H and O–H groups in total. The molecule has 0 radical (unpaired) electrons. The number of primary amides is 1. The average molecular weight is 254 g/mol. The normalized spacial score (nSPS) is 11.7. The molecule has 0 aliphatic rings. The Labute approximate surface area is 103 Å². The number of carbonyl (C=O) groups excluding carboxylic acids is 2. The summed E-state index contributed by atoms with van der Waals surface area (Å²) in [5.41, 5.74) is 5.50. The number of hydrogen-bond acceptors (Lipinski definition) is 3. The van der Waals surface area contributed by atoms with Crippen LogP contribution in [-0.2, 0) is 4.79 Å². The number of H-pyrrole nitrogens is 1. The first-order valence-electron chi connectivity index (χ1n) is 5.11. The molecule has 18 heavy (non-hydrogen) atoms. The van der Waals surface area contributed by atoms with Crippen LogP contribution < -0.4 is 16.4 Å².